The summed E-state index contributed by atoms with van der Waals surface area (Å²) in [5.41, 5.74) is 0. The van der Waals surface area contributed by atoms with E-state index in [1.54, 1.807) is 0 Å². The van der Waals surface area contributed by atoms with Crippen LogP contribution in [-0.4, -0.2) is 45.0 Å². The van der Waals surface area contributed by atoms with Gasteiger partial charge in [-0.15, -0.1) is 0 Å². The second kappa shape index (κ2) is 7.62. The molecule has 5 heteroatoms. The molecule has 1 fully saturated rings. The summed E-state index contributed by atoms with van der Waals surface area (Å²) >= 11 is 0. The average Bonchev–Trinajstić information content (AvgIpc) is 2.26. The molecule has 1 heterocycles. The van der Waals surface area contributed by atoms with Gasteiger partial charge in [-0.2, -0.15) is 0 Å². The van der Waals surface area contributed by atoms with E-state index < -0.39 is 0 Å². The van der Waals surface area contributed by atoms with Crippen LogP contribution in [0.4, 0.5) is 0 Å². The first kappa shape index (κ1) is 12.4. The molecule has 0 aromatic rings. The summed E-state index contributed by atoms with van der Waals surface area (Å²) in [5, 5.41) is 5.96. The largest absolute Gasteiger partial charge is 0.356 e. The minimum atomic E-state index is 0.0953. The molecule has 88 valence electrons. The van der Waals surface area contributed by atoms with E-state index in [2.05, 4.69) is 10.6 Å². The zero-order valence-electron chi connectivity index (χ0n) is 9.25. The maximum Gasteiger partial charge on any atom is 0.221 e. The Bertz CT molecular complexity index is 182. The highest BCUT2D eigenvalue weighted by Crippen LogP contribution is 2.04. The zero-order chi connectivity index (χ0) is 10.9. The molecule has 2 N–H and O–H groups in total. The van der Waals surface area contributed by atoms with E-state index in [9.17, 15) is 4.79 Å². The average molecular weight is 216 g/mol. The molecule has 0 aromatic heterocycles. The molecular weight excluding hydrogens is 196 g/mol. The van der Waals surface area contributed by atoms with E-state index in [1.165, 1.54) is 0 Å². The van der Waals surface area contributed by atoms with Gasteiger partial charge in [0.25, 0.3) is 0 Å². The van der Waals surface area contributed by atoms with Crippen molar-refractivity contribution in [2.24, 2.45) is 0 Å². The normalized spacial score (nSPS) is 21.3. The lowest BCUT2D eigenvalue weighted by Gasteiger charge is -2.22. The fourth-order valence-corrected chi connectivity index (χ4v) is 1.41. The molecule has 0 aromatic carbocycles. The third kappa shape index (κ3) is 5.71. The number of carbonyl (C=O) groups excluding carboxylic acids is 1. The smallest absolute Gasteiger partial charge is 0.221 e. The van der Waals surface area contributed by atoms with Gasteiger partial charge in [0.05, 0.1) is 12.7 Å². The summed E-state index contributed by atoms with van der Waals surface area (Å²) in [6, 6.07) is 0. The molecule has 0 aliphatic carbocycles. The highest BCUT2D eigenvalue weighted by molar-refractivity contribution is 5.75. The molecule has 0 saturated carbocycles. The van der Waals surface area contributed by atoms with Crippen molar-refractivity contribution in [1.29, 1.82) is 0 Å². The molecular formula is C10H20N2O3. The molecule has 1 aliphatic heterocycles. The van der Waals surface area contributed by atoms with E-state index in [4.69, 9.17) is 9.47 Å². The highest BCUT2D eigenvalue weighted by atomic mass is 16.7. The van der Waals surface area contributed by atoms with Crippen LogP contribution in [0.25, 0.3) is 0 Å². The van der Waals surface area contributed by atoms with Crippen LogP contribution >= 0.6 is 0 Å². The molecule has 1 rings (SSSR count). The molecule has 0 bridgehead atoms. The maximum absolute atomic E-state index is 11.1. The lowest BCUT2D eigenvalue weighted by Crippen LogP contribution is -2.35. The van der Waals surface area contributed by atoms with Gasteiger partial charge in [0.15, 0.2) is 0 Å². The predicted molar refractivity (Wildman–Crippen MR) is 56.5 cm³/mol. The third-order valence-corrected chi connectivity index (χ3v) is 2.25. The predicted octanol–water partition coefficient (Wildman–Crippen LogP) is -0.135. The Labute approximate surface area is 90.5 Å². The van der Waals surface area contributed by atoms with Gasteiger partial charge < -0.3 is 20.1 Å². The van der Waals surface area contributed by atoms with Crippen LogP contribution in [0.15, 0.2) is 0 Å². The molecule has 15 heavy (non-hydrogen) atoms. The van der Waals surface area contributed by atoms with Crippen molar-refractivity contribution < 1.29 is 14.3 Å². The number of hydrogen-bond acceptors (Lipinski definition) is 4. The fourth-order valence-electron chi connectivity index (χ4n) is 1.41. The highest BCUT2D eigenvalue weighted by Gasteiger charge is 2.13. The first-order valence-corrected chi connectivity index (χ1v) is 5.49. The van der Waals surface area contributed by atoms with Gasteiger partial charge in [-0.25, -0.2) is 0 Å². The number of ether oxygens (including phenoxy) is 2. The number of carbonyl (C=O) groups is 1. The zero-order valence-corrected chi connectivity index (χ0v) is 9.25. The Morgan fingerprint density at radius 2 is 2.40 bits per heavy atom. The van der Waals surface area contributed by atoms with E-state index in [0.29, 0.717) is 26.3 Å². The topological polar surface area (TPSA) is 59.6 Å². The quantitative estimate of drug-likeness (QED) is 0.607. The maximum atomic E-state index is 11.1. The summed E-state index contributed by atoms with van der Waals surface area (Å²) in [4.78, 5) is 11.1. The van der Waals surface area contributed by atoms with E-state index in [0.717, 1.165) is 19.6 Å². The molecule has 0 spiro atoms. The lowest BCUT2D eigenvalue weighted by atomic mass is 10.2. The SMILES string of the molecule is CCNC(=O)CCNCC1CCOCO1. The Morgan fingerprint density at radius 1 is 1.53 bits per heavy atom. The lowest BCUT2D eigenvalue weighted by molar-refractivity contribution is -0.137. The number of hydrogen-bond donors (Lipinski definition) is 2. The van der Waals surface area contributed by atoms with Gasteiger partial charge in [-0.05, 0) is 13.3 Å². The van der Waals surface area contributed by atoms with Gasteiger partial charge in [0.2, 0.25) is 5.91 Å². The van der Waals surface area contributed by atoms with Crippen LogP contribution in [0.3, 0.4) is 0 Å². The number of nitrogens with one attached hydrogen (secondary N) is 2. The standard InChI is InChI=1S/C10H20N2O3/c1-2-12-10(13)3-5-11-7-9-4-6-14-8-15-9/h9,11H,2-8H2,1H3,(H,12,13). The fraction of sp³-hybridized carbons (Fsp3) is 0.900. The van der Waals surface area contributed by atoms with Gasteiger partial charge in [-0.1, -0.05) is 0 Å². The van der Waals surface area contributed by atoms with Crippen molar-refractivity contribution in [3.8, 4) is 0 Å². The van der Waals surface area contributed by atoms with Crippen molar-refractivity contribution in [2.75, 3.05) is 33.0 Å². The third-order valence-electron chi connectivity index (χ3n) is 2.25. The molecule has 1 saturated heterocycles. The first-order chi connectivity index (χ1) is 7.33. The monoisotopic (exact) mass is 216 g/mol. The van der Waals surface area contributed by atoms with Crippen molar-refractivity contribution in [1.82, 2.24) is 10.6 Å². The summed E-state index contributed by atoms with van der Waals surface area (Å²) < 4.78 is 10.4. The van der Waals surface area contributed by atoms with Crippen LogP contribution < -0.4 is 10.6 Å². The van der Waals surface area contributed by atoms with Gasteiger partial charge in [-0.3, -0.25) is 4.79 Å². The minimum absolute atomic E-state index is 0.0953. The van der Waals surface area contributed by atoms with Gasteiger partial charge in [0, 0.05) is 26.1 Å². The summed E-state index contributed by atoms with van der Waals surface area (Å²) in [6.45, 7) is 5.27. The molecule has 1 amide bonds. The minimum Gasteiger partial charge on any atom is -0.356 e. The summed E-state index contributed by atoms with van der Waals surface area (Å²) in [7, 11) is 0. The first-order valence-electron chi connectivity index (χ1n) is 5.49. The number of amides is 1. The summed E-state index contributed by atoms with van der Waals surface area (Å²) in [6.07, 6.45) is 1.68. The second-order valence-electron chi connectivity index (χ2n) is 3.51. The summed E-state index contributed by atoms with van der Waals surface area (Å²) in [5.74, 6) is 0.0953. The Balaban J connectivity index is 1.93. The van der Waals surface area contributed by atoms with E-state index >= 15 is 0 Å². The number of rotatable bonds is 6. The van der Waals surface area contributed by atoms with Crippen molar-refractivity contribution in [2.45, 2.75) is 25.9 Å². The molecule has 5 nitrogen and oxygen atoms in total. The van der Waals surface area contributed by atoms with Crippen LogP contribution in [0.1, 0.15) is 19.8 Å². The van der Waals surface area contributed by atoms with Gasteiger partial charge in [0.1, 0.15) is 6.79 Å². The van der Waals surface area contributed by atoms with Gasteiger partial charge >= 0.3 is 0 Å². The van der Waals surface area contributed by atoms with Crippen LogP contribution in [0.5, 0.6) is 0 Å². The molecule has 1 unspecified atom stereocenters. The van der Waals surface area contributed by atoms with Crippen molar-refractivity contribution in [3.05, 3.63) is 0 Å². The second-order valence-corrected chi connectivity index (χ2v) is 3.51. The molecule has 1 atom stereocenters. The van der Waals surface area contributed by atoms with Crippen LogP contribution in [0, 0.1) is 0 Å². The van der Waals surface area contributed by atoms with E-state index in [1.807, 2.05) is 6.92 Å². The Kier molecular flexibility index (Phi) is 6.31. The molecule has 1 aliphatic rings. The Hall–Kier alpha value is -0.650. The van der Waals surface area contributed by atoms with E-state index in [-0.39, 0.29) is 12.0 Å². The molecule has 0 radical (unpaired) electrons. The van der Waals surface area contributed by atoms with Crippen LogP contribution in [0.2, 0.25) is 0 Å². The van der Waals surface area contributed by atoms with Crippen molar-refractivity contribution >= 4 is 5.91 Å². The van der Waals surface area contributed by atoms with Crippen molar-refractivity contribution in [3.63, 3.8) is 0 Å². The Morgan fingerprint density at radius 3 is 3.07 bits per heavy atom. The van der Waals surface area contributed by atoms with Crippen LogP contribution in [-0.2, 0) is 14.3 Å².